The van der Waals surface area contributed by atoms with Crippen LogP contribution in [-0.2, 0) is 4.74 Å². The van der Waals surface area contributed by atoms with Crippen LogP contribution in [0.4, 0.5) is 0 Å². The summed E-state index contributed by atoms with van der Waals surface area (Å²) in [6.07, 6.45) is -0.703. The minimum absolute atomic E-state index is 0.119. The van der Waals surface area contributed by atoms with E-state index in [1.165, 1.54) is 0 Å². The van der Waals surface area contributed by atoms with Crippen LogP contribution >= 0.6 is 0 Å². The molecule has 0 spiro atoms. The van der Waals surface area contributed by atoms with Gasteiger partial charge in [-0.2, -0.15) is 0 Å². The van der Waals surface area contributed by atoms with Crippen molar-refractivity contribution in [2.45, 2.75) is 43.2 Å². The van der Waals surface area contributed by atoms with Gasteiger partial charge in [-0.1, -0.05) is 18.2 Å². The molecule has 0 aromatic heterocycles. The van der Waals surface area contributed by atoms with Crippen molar-refractivity contribution in [3.63, 3.8) is 0 Å². The lowest BCUT2D eigenvalue weighted by molar-refractivity contribution is -0.0127. The number of esters is 1. The topological polar surface area (TPSA) is 70.0 Å². The van der Waals surface area contributed by atoms with Gasteiger partial charge in [0.15, 0.2) is 0 Å². The summed E-state index contributed by atoms with van der Waals surface area (Å²) in [6, 6.07) is 8.50. The molecule has 5 nitrogen and oxygen atoms in total. The van der Waals surface area contributed by atoms with E-state index in [2.05, 4.69) is 0 Å². The maximum atomic E-state index is 12.1. The van der Waals surface area contributed by atoms with Crippen LogP contribution in [0.3, 0.4) is 0 Å². The summed E-state index contributed by atoms with van der Waals surface area (Å²) in [5, 5.41) is 20.1. The monoisotopic (exact) mass is 277 g/mol. The molecule has 0 saturated carbocycles. The Balaban J connectivity index is 1.76. The predicted octanol–water partition coefficient (Wildman–Crippen LogP) is 0.410. The van der Waals surface area contributed by atoms with Gasteiger partial charge in [0, 0.05) is 6.04 Å². The zero-order valence-corrected chi connectivity index (χ0v) is 11.3. The van der Waals surface area contributed by atoms with Gasteiger partial charge < -0.3 is 14.9 Å². The summed E-state index contributed by atoms with van der Waals surface area (Å²) in [4.78, 5) is 14.1. The number of likely N-dealkylation sites (N-methyl/N-ethyl adjacent to an activating group) is 1. The van der Waals surface area contributed by atoms with Crippen molar-refractivity contribution in [1.29, 1.82) is 0 Å². The number of aliphatic hydroxyl groups excluding tert-OH is 2. The number of ether oxygens (including phenoxy) is 1. The van der Waals surface area contributed by atoms with Crippen LogP contribution in [0.25, 0.3) is 0 Å². The molecule has 1 aromatic rings. The first-order valence-electron chi connectivity index (χ1n) is 6.92. The van der Waals surface area contributed by atoms with Crippen molar-refractivity contribution in [2.75, 3.05) is 7.05 Å². The van der Waals surface area contributed by atoms with Crippen LogP contribution in [0.2, 0.25) is 0 Å². The normalized spacial score (nSPS) is 36.9. The Morgan fingerprint density at radius 1 is 1.20 bits per heavy atom. The lowest BCUT2D eigenvalue weighted by atomic mass is 10.0. The number of fused-ring (bicyclic) bond motifs is 2. The number of piperidine rings is 1. The number of rotatable bonds is 2. The largest absolute Gasteiger partial charge is 0.454 e. The van der Waals surface area contributed by atoms with Gasteiger partial charge in [-0.25, -0.2) is 4.79 Å². The summed E-state index contributed by atoms with van der Waals surface area (Å²) in [7, 11) is 1.90. The van der Waals surface area contributed by atoms with E-state index in [-0.39, 0.29) is 12.1 Å². The van der Waals surface area contributed by atoms with Crippen molar-refractivity contribution >= 4 is 5.97 Å². The molecule has 2 N–H and O–H groups in total. The fraction of sp³-hybridized carbons (Fsp3) is 0.533. The molecule has 2 fully saturated rings. The SMILES string of the molecule is CN1[C@@H]2C[C@@H](O)C[C@H]1[C@H](O)[C@@H]2OC(=O)c1ccccc1. The Morgan fingerprint density at radius 3 is 2.55 bits per heavy atom. The Kier molecular flexibility index (Phi) is 3.50. The Bertz CT molecular complexity index is 492. The molecule has 5 atom stereocenters. The van der Waals surface area contributed by atoms with Crippen LogP contribution in [0.5, 0.6) is 0 Å². The molecule has 0 aliphatic carbocycles. The highest BCUT2D eigenvalue weighted by atomic mass is 16.6. The zero-order valence-electron chi connectivity index (χ0n) is 11.3. The van der Waals surface area contributed by atoms with E-state index in [4.69, 9.17) is 4.74 Å². The lowest BCUT2D eigenvalue weighted by Gasteiger charge is -2.34. The molecule has 0 radical (unpaired) electrons. The molecule has 3 rings (SSSR count). The second kappa shape index (κ2) is 5.16. The van der Waals surface area contributed by atoms with Crippen molar-refractivity contribution in [2.24, 2.45) is 0 Å². The van der Waals surface area contributed by atoms with Crippen molar-refractivity contribution in [1.82, 2.24) is 4.90 Å². The van der Waals surface area contributed by atoms with E-state index >= 15 is 0 Å². The third-order valence-corrected chi connectivity index (χ3v) is 4.44. The molecule has 5 heteroatoms. The van der Waals surface area contributed by atoms with E-state index in [0.717, 1.165) is 0 Å². The smallest absolute Gasteiger partial charge is 0.338 e. The number of hydrogen-bond acceptors (Lipinski definition) is 5. The summed E-state index contributed by atoms with van der Waals surface area (Å²) in [5.74, 6) is -0.426. The summed E-state index contributed by atoms with van der Waals surface area (Å²) >= 11 is 0. The van der Waals surface area contributed by atoms with Crippen molar-refractivity contribution in [3.05, 3.63) is 35.9 Å². The van der Waals surface area contributed by atoms with Gasteiger partial charge in [0.05, 0.1) is 17.7 Å². The van der Waals surface area contributed by atoms with E-state index in [1.807, 2.05) is 18.0 Å². The molecule has 0 unspecified atom stereocenters. The van der Waals surface area contributed by atoms with Crippen LogP contribution in [0.15, 0.2) is 30.3 Å². The number of carbonyl (C=O) groups is 1. The fourth-order valence-electron chi connectivity index (χ4n) is 3.34. The minimum Gasteiger partial charge on any atom is -0.454 e. The van der Waals surface area contributed by atoms with Gasteiger partial charge >= 0.3 is 5.97 Å². The highest BCUT2D eigenvalue weighted by Crippen LogP contribution is 2.36. The summed E-state index contributed by atoms with van der Waals surface area (Å²) in [6.45, 7) is 0. The van der Waals surface area contributed by atoms with Gasteiger partial charge in [0.25, 0.3) is 0 Å². The van der Waals surface area contributed by atoms with Gasteiger partial charge in [0.2, 0.25) is 0 Å². The first kappa shape index (κ1) is 13.5. The van der Waals surface area contributed by atoms with Crippen molar-refractivity contribution < 1.29 is 19.7 Å². The standard InChI is InChI=1S/C15H19NO4/c1-16-11-7-10(17)8-12(16)14(13(11)18)20-15(19)9-5-3-2-4-6-9/h2-6,10-14,17-18H,7-8H2,1H3/t10-,11-,12+,13-,14+/m0/s1. The lowest BCUT2D eigenvalue weighted by Crippen LogP contribution is -2.45. The number of benzene rings is 1. The molecule has 0 amide bonds. The number of nitrogens with zero attached hydrogens (tertiary/aromatic N) is 1. The highest BCUT2D eigenvalue weighted by Gasteiger charge is 2.52. The Morgan fingerprint density at radius 2 is 1.85 bits per heavy atom. The van der Waals surface area contributed by atoms with E-state index < -0.39 is 24.3 Å². The summed E-state index contributed by atoms with van der Waals surface area (Å²) in [5.41, 5.74) is 0.476. The first-order valence-corrected chi connectivity index (χ1v) is 6.92. The molecule has 2 aliphatic heterocycles. The fourth-order valence-corrected chi connectivity index (χ4v) is 3.34. The Labute approximate surface area is 117 Å². The average molecular weight is 277 g/mol. The quantitative estimate of drug-likeness (QED) is 0.766. The van der Waals surface area contributed by atoms with E-state index in [0.29, 0.717) is 18.4 Å². The number of hydrogen-bond donors (Lipinski definition) is 2. The first-order chi connectivity index (χ1) is 9.58. The molecule has 2 saturated heterocycles. The minimum atomic E-state index is -0.741. The third kappa shape index (κ3) is 2.22. The molecular formula is C15H19NO4. The molecule has 108 valence electrons. The van der Waals surface area contributed by atoms with Gasteiger partial charge in [-0.05, 0) is 32.0 Å². The van der Waals surface area contributed by atoms with E-state index in [9.17, 15) is 15.0 Å². The maximum Gasteiger partial charge on any atom is 0.338 e. The molecule has 2 heterocycles. The van der Waals surface area contributed by atoms with Gasteiger partial charge in [0.1, 0.15) is 12.2 Å². The van der Waals surface area contributed by atoms with E-state index in [1.54, 1.807) is 24.3 Å². The second-order valence-electron chi connectivity index (χ2n) is 5.65. The van der Waals surface area contributed by atoms with Crippen LogP contribution in [0, 0.1) is 0 Å². The van der Waals surface area contributed by atoms with Gasteiger partial charge in [-0.15, -0.1) is 0 Å². The average Bonchev–Trinajstić information content (AvgIpc) is 2.59. The zero-order chi connectivity index (χ0) is 14.3. The molecule has 20 heavy (non-hydrogen) atoms. The number of aliphatic hydroxyl groups is 2. The van der Waals surface area contributed by atoms with Gasteiger partial charge in [-0.3, -0.25) is 4.90 Å². The van der Waals surface area contributed by atoms with Crippen LogP contribution in [0.1, 0.15) is 23.2 Å². The molecular weight excluding hydrogens is 258 g/mol. The second-order valence-corrected chi connectivity index (χ2v) is 5.65. The van der Waals surface area contributed by atoms with Crippen LogP contribution in [-0.4, -0.2) is 58.5 Å². The Hall–Kier alpha value is -1.43. The van der Waals surface area contributed by atoms with Crippen LogP contribution < -0.4 is 0 Å². The molecule has 2 aliphatic rings. The number of carbonyl (C=O) groups excluding carboxylic acids is 1. The molecule has 2 bridgehead atoms. The maximum absolute atomic E-state index is 12.1. The predicted molar refractivity (Wildman–Crippen MR) is 72.2 cm³/mol. The third-order valence-electron chi connectivity index (χ3n) is 4.44. The summed E-state index contributed by atoms with van der Waals surface area (Å²) < 4.78 is 5.50. The molecule has 1 aromatic carbocycles. The van der Waals surface area contributed by atoms with Crippen molar-refractivity contribution in [3.8, 4) is 0 Å². The highest BCUT2D eigenvalue weighted by molar-refractivity contribution is 5.89.